The molecule has 7 heteroatoms. The molecule has 0 aromatic rings. The molecule has 1 aliphatic carbocycles. The molecule has 1 atom stereocenters. The van der Waals surface area contributed by atoms with E-state index in [1.165, 1.54) is 0 Å². The summed E-state index contributed by atoms with van der Waals surface area (Å²) >= 11 is 0. The number of nitrogens with zero attached hydrogens (tertiary/aromatic N) is 1. The smallest absolute Gasteiger partial charge is 0.326 e. The zero-order chi connectivity index (χ0) is 15.4. The van der Waals surface area contributed by atoms with Crippen molar-refractivity contribution in [3.63, 3.8) is 0 Å². The van der Waals surface area contributed by atoms with Gasteiger partial charge in [-0.3, -0.25) is 4.79 Å². The average Bonchev–Trinajstić information content (AvgIpc) is 3.29. The summed E-state index contributed by atoms with van der Waals surface area (Å²) in [6.07, 6.45) is 2.82. The van der Waals surface area contributed by atoms with E-state index in [1.54, 1.807) is 11.8 Å². The number of carboxylic acid groups (broad SMARTS) is 1. The summed E-state index contributed by atoms with van der Waals surface area (Å²) in [5, 5.41) is 11.7. The van der Waals surface area contributed by atoms with E-state index in [1.807, 2.05) is 0 Å². The molecule has 0 spiro atoms. The zero-order valence-corrected chi connectivity index (χ0v) is 12.2. The lowest BCUT2D eigenvalue weighted by Gasteiger charge is -2.31. The Morgan fingerprint density at radius 3 is 2.33 bits per heavy atom. The van der Waals surface area contributed by atoms with Crippen LogP contribution in [0.3, 0.4) is 0 Å². The van der Waals surface area contributed by atoms with Gasteiger partial charge in [0.1, 0.15) is 6.04 Å². The van der Waals surface area contributed by atoms with Crippen LogP contribution in [0.1, 0.15) is 32.6 Å². The fourth-order valence-electron chi connectivity index (χ4n) is 2.61. The van der Waals surface area contributed by atoms with Gasteiger partial charge >= 0.3 is 18.0 Å². The first-order valence-electron chi connectivity index (χ1n) is 7.47. The number of rotatable bonds is 5. The van der Waals surface area contributed by atoms with Gasteiger partial charge in [0, 0.05) is 13.1 Å². The molecule has 7 nitrogen and oxygen atoms in total. The number of ether oxygens (including phenoxy) is 1. The number of amides is 2. The van der Waals surface area contributed by atoms with Crippen molar-refractivity contribution in [2.45, 2.75) is 38.6 Å². The summed E-state index contributed by atoms with van der Waals surface area (Å²) in [7, 11) is 0. The first kappa shape index (κ1) is 15.6. The third kappa shape index (κ3) is 4.09. The second-order valence-corrected chi connectivity index (χ2v) is 5.62. The Morgan fingerprint density at radius 2 is 1.86 bits per heavy atom. The van der Waals surface area contributed by atoms with Crippen LogP contribution in [0.15, 0.2) is 0 Å². The van der Waals surface area contributed by atoms with E-state index in [9.17, 15) is 14.4 Å². The molecule has 0 aromatic carbocycles. The van der Waals surface area contributed by atoms with E-state index < -0.39 is 12.0 Å². The Labute approximate surface area is 123 Å². The number of aliphatic carboxylic acids is 1. The summed E-state index contributed by atoms with van der Waals surface area (Å²) in [4.78, 5) is 36.4. The molecule has 2 fully saturated rings. The lowest BCUT2D eigenvalue weighted by atomic mass is 9.97. The maximum atomic E-state index is 12.1. The number of urea groups is 1. The van der Waals surface area contributed by atoms with Crippen molar-refractivity contribution in [2.24, 2.45) is 11.8 Å². The molecule has 118 valence electrons. The molecule has 1 heterocycles. The number of likely N-dealkylation sites (tertiary alicyclic amines) is 1. The highest BCUT2D eigenvalue weighted by Crippen LogP contribution is 2.33. The van der Waals surface area contributed by atoms with E-state index in [0.717, 1.165) is 12.8 Å². The Morgan fingerprint density at radius 1 is 1.24 bits per heavy atom. The number of piperidine rings is 1. The Balaban J connectivity index is 1.80. The molecule has 1 saturated carbocycles. The van der Waals surface area contributed by atoms with Crippen molar-refractivity contribution in [3.8, 4) is 0 Å². The minimum absolute atomic E-state index is 0.0588. The van der Waals surface area contributed by atoms with Crippen LogP contribution in [-0.4, -0.2) is 53.7 Å². The third-order valence-corrected chi connectivity index (χ3v) is 4.04. The second kappa shape index (κ2) is 6.78. The average molecular weight is 298 g/mol. The minimum atomic E-state index is -0.979. The van der Waals surface area contributed by atoms with Gasteiger partial charge in [0.2, 0.25) is 0 Å². The Kier molecular flexibility index (Phi) is 5.03. The lowest BCUT2D eigenvalue weighted by Crippen LogP contribution is -2.51. The molecule has 0 aromatic heterocycles. The van der Waals surface area contributed by atoms with Crippen LogP contribution in [0.25, 0.3) is 0 Å². The normalized spacial score (nSPS) is 20.7. The van der Waals surface area contributed by atoms with Gasteiger partial charge in [-0.25, -0.2) is 9.59 Å². The summed E-state index contributed by atoms with van der Waals surface area (Å²) in [5.74, 6) is -1.29. The van der Waals surface area contributed by atoms with Gasteiger partial charge in [0.25, 0.3) is 0 Å². The molecule has 21 heavy (non-hydrogen) atoms. The number of hydrogen-bond donors (Lipinski definition) is 2. The van der Waals surface area contributed by atoms with E-state index in [2.05, 4.69) is 5.32 Å². The van der Waals surface area contributed by atoms with Crippen LogP contribution in [0.4, 0.5) is 4.79 Å². The molecular formula is C14H22N2O5. The first-order valence-corrected chi connectivity index (χ1v) is 7.47. The highest BCUT2D eigenvalue weighted by atomic mass is 16.5. The monoisotopic (exact) mass is 298 g/mol. The highest BCUT2D eigenvalue weighted by Gasteiger charge is 2.38. The molecular weight excluding hydrogens is 276 g/mol. The van der Waals surface area contributed by atoms with Crippen molar-refractivity contribution in [1.82, 2.24) is 10.2 Å². The van der Waals surface area contributed by atoms with Gasteiger partial charge in [-0.15, -0.1) is 0 Å². The number of hydrogen-bond acceptors (Lipinski definition) is 4. The Hall–Kier alpha value is -1.79. The summed E-state index contributed by atoms with van der Waals surface area (Å²) in [5.41, 5.74) is 0. The number of carboxylic acids is 1. The zero-order valence-electron chi connectivity index (χ0n) is 12.2. The molecule has 2 N–H and O–H groups in total. The van der Waals surface area contributed by atoms with Crippen LogP contribution in [0.5, 0.6) is 0 Å². The van der Waals surface area contributed by atoms with Crippen molar-refractivity contribution < 1.29 is 24.2 Å². The van der Waals surface area contributed by atoms with E-state index >= 15 is 0 Å². The third-order valence-electron chi connectivity index (χ3n) is 4.04. The molecule has 0 radical (unpaired) electrons. The molecule has 2 amide bonds. The van der Waals surface area contributed by atoms with Gasteiger partial charge in [-0.2, -0.15) is 0 Å². The molecule has 2 rings (SSSR count). The van der Waals surface area contributed by atoms with Crippen LogP contribution < -0.4 is 5.32 Å². The van der Waals surface area contributed by atoms with Crippen molar-refractivity contribution in [1.29, 1.82) is 0 Å². The number of esters is 1. The van der Waals surface area contributed by atoms with Crippen molar-refractivity contribution in [2.75, 3.05) is 19.7 Å². The minimum Gasteiger partial charge on any atom is -0.480 e. The topological polar surface area (TPSA) is 95.9 Å². The summed E-state index contributed by atoms with van der Waals surface area (Å²) in [6.45, 7) is 3.03. The summed E-state index contributed by atoms with van der Waals surface area (Å²) in [6, 6.07) is -1.14. The quantitative estimate of drug-likeness (QED) is 0.733. The number of nitrogens with one attached hydrogen (secondary N) is 1. The van der Waals surface area contributed by atoms with Gasteiger partial charge in [-0.05, 0) is 38.5 Å². The predicted octanol–water partition coefficient (Wildman–Crippen LogP) is 0.834. The maximum absolute atomic E-state index is 12.1. The molecule has 1 saturated heterocycles. The Bertz CT molecular complexity index is 414. The van der Waals surface area contributed by atoms with E-state index in [-0.39, 0.29) is 23.8 Å². The van der Waals surface area contributed by atoms with Crippen LogP contribution in [0.2, 0.25) is 0 Å². The van der Waals surface area contributed by atoms with Gasteiger partial charge in [0.05, 0.1) is 12.5 Å². The summed E-state index contributed by atoms with van der Waals surface area (Å²) < 4.78 is 4.98. The van der Waals surface area contributed by atoms with Crippen LogP contribution in [-0.2, 0) is 14.3 Å². The van der Waals surface area contributed by atoms with Crippen LogP contribution in [0, 0.1) is 11.8 Å². The predicted molar refractivity (Wildman–Crippen MR) is 73.6 cm³/mol. The highest BCUT2D eigenvalue weighted by molar-refractivity contribution is 5.83. The molecule has 1 aliphatic heterocycles. The van der Waals surface area contributed by atoms with E-state index in [4.69, 9.17) is 9.84 Å². The van der Waals surface area contributed by atoms with Crippen molar-refractivity contribution >= 4 is 18.0 Å². The van der Waals surface area contributed by atoms with Crippen LogP contribution >= 0.6 is 0 Å². The van der Waals surface area contributed by atoms with Gasteiger partial charge in [0.15, 0.2) is 0 Å². The first-order chi connectivity index (χ1) is 10.0. The molecule has 0 bridgehead atoms. The van der Waals surface area contributed by atoms with Crippen molar-refractivity contribution in [3.05, 3.63) is 0 Å². The lowest BCUT2D eigenvalue weighted by molar-refractivity contribution is -0.149. The van der Waals surface area contributed by atoms with Gasteiger partial charge < -0.3 is 20.1 Å². The number of carbonyl (C=O) groups is 3. The SMILES string of the molecule is CCOC(=O)C1CCN(C(=O)NC(C(=O)O)C2CC2)CC1. The largest absolute Gasteiger partial charge is 0.480 e. The fourth-order valence-corrected chi connectivity index (χ4v) is 2.61. The maximum Gasteiger partial charge on any atom is 0.326 e. The van der Waals surface area contributed by atoms with Gasteiger partial charge in [-0.1, -0.05) is 0 Å². The molecule has 2 aliphatic rings. The number of carbonyl (C=O) groups excluding carboxylic acids is 2. The standard InChI is InChI=1S/C14H22N2O5/c1-2-21-13(19)10-5-7-16(8-6-10)14(20)15-11(12(17)18)9-3-4-9/h9-11H,2-8H2,1H3,(H,15,20)(H,17,18). The van der Waals surface area contributed by atoms with E-state index in [0.29, 0.717) is 32.5 Å². The second-order valence-electron chi connectivity index (χ2n) is 5.62. The fraction of sp³-hybridized carbons (Fsp3) is 0.786. The molecule has 1 unspecified atom stereocenters.